The van der Waals surface area contributed by atoms with Crippen molar-refractivity contribution in [2.45, 2.75) is 19.7 Å². The summed E-state index contributed by atoms with van der Waals surface area (Å²) >= 11 is 2.10. The molecular weight excluding hydrogens is 174 g/mol. The van der Waals surface area contributed by atoms with Gasteiger partial charge in [0.25, 0.3) is 0 Å². The highest BCUT2D eigenvalue weighted by molar-refractivity contribution is 14.1. The van der Waals surface area contributed by atoms with Crippen molar-refractivity contribution in [3.63, 3.8) is 0 Å². The summed E-state index contributed by atoms with van der Waals surface area (Å²) in [5.74, 6) is 0.505. The monoisotopic (exact) mass is 183 g/mol. The molecule has 30 valence electrons. The van der Waals surface area contributed by atoms with Gasteiger partial charge < -0.3 is 0 Å². The van der Waals surface area contributed by atoms with Crippen molar-refractivity contribution in [3.05, 3.63) is 0 Å². The molecule has 0 radical (unpaired) electrons. The SMILES string of the molecule is [2H]B(I)C(C)C. The smallest absolute Gasteiger partial charge is 0.155 e. The van der Waals surface area contributed by atoms with E-state index in [1.807, 2.05) is 13.8 Å². The molecule has 0 saturated carbocycles. The molecule has 2 heteroatoms. The van der Waals surface area contributed by atoms with Crippen molar-refractivity contribution in [1.82, 2.24) is 0 Å². The van der Waals surface area contributed by atoms with Crippen LogP contribution in [0, 0.1) is 0 Å². The molecule has 0 aromatic rings. The zero-order valence-electron chi connectivity index (χ0n) is 4.53. The molecule has 0 fully saturated rings. The maximum Gasteiger partial charge on any atom is 0.202 e. The zero-order valence-corrected chi connectivity index (χ0v) is 5.69. The van der Waals surface area contributed by atoms with Crippen LogP contribution in [0.25, 0.3) is 0 Å². The van der Waals surface area contributed by atoms with Gasteiger partial charge in [0.05, 0.1) is 0 Å². The van der Waals surface area contributed by atoms with Crippen LogP contribution < -0.4 is 0 Å². The van der Waals surface area contributed by atoms with Crippen LogP contribution in [0.15, 0.2) is 0 Å². The van der Waals surface area contributed by atoms with Crippen molar-refractivity contribution >= 4 is 27.5 Å². The molecule has 0 aliphatic carbocycles. The summed E-state index contributed by atoms with van der Waals surface area (Å²) in [6.45, 7) is 4.09. The van der Waals surface area contributed by atoms with Gasteiger partial charge in [-0.15, -0.1) is 0 Å². The van der Waals surface area contributed by atoms with Gasteiger partial charge in [-0.25, -0.2) is 0 Å². The molecule has 5 heavy (non-hydrogen) atoms. The average Bonchev–Trinajstić information content (AvgIpc) is 1.36. The first-order chi connectivity index (χ1) is 2.64. The predicted octanol–water partition coefficient (Wildman–Crippen LogP) is 1.60. The maximum atomic E-state index is 7.02. The summed E-state index contributed by atoms with van der Waals surface area (Å²) in [4.78, 5) is 0. The van der Waals surface area contributed by atoms with Crippen LogP contribution in [0.2, 0.25) is 5.82 Å². The third-order valence-corrected chi connectivity index (χ3v) is 1.69. The van der Waals surface area contributed by atoms with Crippen molar-refractivity contribution in [2.75, 3.05) is 0 Å². The van der Waals surface area contributed by atoms with E-state index < -0.39 is 0 Å². The molecule has 0 unspecified atom stereocenters. The lowest BCUT2D eigenvalue weighted by molar-refractivity contribution is 1.08. The largest absolute Gasteiger partial charge is 0.202 e. The Labute approximate surface area is 48.8 Å². The van der Waals surface area contributed by atoms with Crippen LogP contribution in [0.1, 0.15) is 13.8 Å². The van der Waals surface area contributed by atoms with Crippen LogP contribution in [0.3, 0.4) is 0 Å². The third kappa shape index (κ3) is 4.79. The van der Waals surface area contributed by atoms with E-state index in [4.69, 9.17) is 1.34 Å². The van der Waals surface area contributed by atoms with Crippen LogP contribution >= 0.6 is 22.4 Å². The van der Waals surface area contributed by atoms with E-state index in [-0.39, 0.29) is 5.10 Å². The Bertz CT molecular complexity index is 31.8. The van der Waals surface area contributed by atoms with Crippen LogP contribution in [-0.4, -0.2) is 6.44 Å². The topological polar surface area (TPSA) is 0 Å². The molecule has 0 N–H and O–H groups in total. The first-order valence-corrected chi connectivity index (χ1v) is 2.95. The van der Waals surface area contributed by atoms with Gasteiger partial charge in [0.1, 0.15) is 0 Å². The van der Waals surface area contributed by atoms with Gasteiger partial charge in [0, 0.05) is 0 Å². The van der Waals surface area contributed by atoms with Gasteiger partial charge in [-0.2, -0.15) is 22.4 Å². The molecule has 0 amide bonds. The molecule has 0 heterocycles. The summed E-state index contributed by atoms with van der Waals surface area (Å²) < 4.78 is 7.02. The van der Waals surface area contributed by atoms with Crippen molar-refractivity contribution in [1.29, 1.82) is 1.34 Å². The van der Waals surface area contributed by atoms with E-state index in [1.165, 1.54) is 0 Å². The molecule has 0 aromatic heterocycles. The number of hydrogen-bond donors (Lipinski definition) is 0. The molecule has 0 bridgehead atoms. The predicted molar refractivity (Wildman–Crippen MR) is 36.3 cm³/mol. The van der Waals surface area contributed by atoms with Gasteiger partial charge in [-0.1, -0.05) is 19.7 Å². The molecule has 0 aromatic carbocycles. The average molecular weight is 183 g/mol. The minimum atomic E-state index is 0.0719. The minimum Gasteiger partial charge on any atom is -0.155 e. The second kappa shape index (κ2) is 3.00. The van der Waals surface area contributed by atoms with E-state index in [2.05, 4.69) is 22.4 Å². The van der Waals surface area contributed by atoms with E-state index >= 15 is 0 Å². The van der Waals surface area contributed by atoms with Crippen LogP contribution in [0.5, 0.6) is 0 Å². The highest BCUT2D eigenvalue weighted by Gasteiger charge is 1.85. The van der Waals surface area contributed by atoms with Crippen molar-refractivity contribution in [3.8, 4) is 0 Å². The second-order valence-electron chi connectivity index (χ2n) is 1.37. The highest BCUT2D eigenvalue weighted by Crippen LogP contribution is 1.99. The van der Waals surface area contributed by atoms with E-state index in [1.54, 1.807) is 0 Å². The number of hydrogen-bond acceptors (Lipinski definition) is 0. The maximum absolute atomic E-state index is 7.02. The Kier molecular flexibility index (Phi) is 2.38. The van der Waals surface area contributed by atoms with E-state index in [9.17, 15) is 0 Å². The van der Waals surface area contributed by atoms with Gasteiger partial charge in [0.2, 0.25) is 5.10 Å². The lowest BCUT2D eigenvalue weighted by Gasteiger charge is -1.86. The lowest BCUT2D eigenvalue weighted by atomic mass is 9.92. The Hall–Kier alpha value is 0.795. The van der Waals surface area contributed by atoms with E-state index in [0.29, 0.717) is 5.82 Å². The summed E-state index contributed by atoms with van der Waals surface area (Å²) in [6.07, 6.45) is 0. The van der Waals surface area contributed by atoms with Gasteiger partial charge in [0.15, 0.2) is 0 Å². The van der Waals surface area contributed by atoms with Crippen LogP contribution in [0.4, 0.5) is 0 Å². The summed E-state index contributed by atoms with van der Waals surface area (Å²) in [5, 5.41) is 0.0719. The van der Waals surface area contributed by atoms with Crippen molar-refractivity contribution < 1.29 is 0 Å². The molecule has 0 aliphatic heterocycles. The third-order valence-electron chi connectivity index (χ3n) is 0.252. The molecule has 0 spiro atoms. The van der Waals surface area contributed by atoms with Gasteiger partial charge in [-0.05, 0) is 1.34 Å². The van der Waals surface area contributed by atoms with Crippen molar-refractivity contribution in [2.24, 2.45) is 0 Å². The summed E-state index contributed by atoms with van der Waals surface area (Å²) in [6, 6.07) is 0. The second-order valence-corrected chi connectivity index (χ2v) is 2.09. The molecule has 0 rings (SSSR count). The summed E-state index contributed by atoms with van der Waals surface area (Å²) in [7, 11) is 0. The lowest BCUT2D eigenvalue weighted by Crippen LogP contribution is -1.79. The number of rotatable bonds is 1. The highest BCUT2D eigenvalue weighted by atomic mass is 127. The standard InChI is InChI=1S/C3H8BI/c1-3(2)4-5/h3-4H,1-2H3/i4D. The quantitative estimate of drug-likeness (QED) is 0.427. The molecule has 0 saturated heterocycles. The van der Waals surface area contributed by atoms with Crippen LogP contribution in [-0.2, 0) is 0 Å². The van der Waals surface area contributed by atoms with E-state index in [0.717, 1.165) is 0 Å². The normalized spacial score (nSPS) is 11.6. The first kappa shape index (κ1) is 3.97. The Morgan fingerprint density at radius 2 is 2.20 bits per heavy atom. The Balaban J connectivity index is 2.99. The van der Waals surface area contributed by atoms with Gasteiger partial charge in [-0.3, -0.25) is 0 Å². The fraction of sp³-hybridized carbons (Fsp3) is 1.00. The summed E-state index contributed by atoms with van der Waals surface area (Å²) in [5.41, 5.74) is 0. The molecule has 0 atom stereocenters. The first-order valence-electron chi connectivity index (χ1n) is 2.28. The number of halogens is 1. The Morgan fingerprint density at radius 1 is 2.00 bits per heavy atom. The zero-order chi connectivity index (χ0) is 5.15. The molecule has 0 aliphatic rings. The fourth-order valence-electron chi connectivity index (χ4n) is 0. The fourth-order valence-corrected chi connectivity index (χ4v) is 0. The van der Waals surface area contributed by atoms with Gasteiger partial charge >= 0.3 is 0 Å². The minimum absolute atomic E-state index is 0.0719. The molecule has 0 nitrogen and oxygen atoms in total. The molecular formula is C3H8BI. The Morgan fingerprint density at radius 3 is 2.20 bits per heavy atom.